The van der Waals surface area contributed by atoms with Crippen LogP contribution in [0.2, 0.25) is 0 Å². The molecule has 3 aromatic rings. The Bertz CT molecular complexity index is 659. The summed E-state index contributed by atoms with van der Waals surface area (Å²) < 4.78 is 5.14. The van der Waals surface area contributed by atoms with Crippen molar-refractivity contribution >= 4 is 0 Å². The zero-order chi connectivity index (χ0) is 13.1. The lowest BCUT2D eigenvalue weighted by molar-refractivity contribution is 0.415. The van der Waals surface area contributed by atoms with Crippen molar-refractivity contribution in [3.05, 3.63) is 60.8 Å². The molecular weight excluding hydrogens is 238 g/mol. The van der Waals surface area contributed by atoms with Gasteiger partial charge in [0, 0.05) is 5.56 Å². The van der Waals surface area contributed by atoms with Crippen LogP contribution in [0.5, 0.6) is 5.75 Å². The summed E-state index contributed by atoms with van der Waals surface area (Å²) in [4.78, 5) is 1.62. The van der Waals surface area contributed by atoms with Gasteiger partial charge in [0.25, 0.3) is 0 Å². The lowest BCUT2D eigenvalue weighted by atomic mass is 10.2. The Hall–Kier alpha value is -2.62. The minimum absolute atomic E-state index is 0.833. The number of para-hydroxylation sites is 1. The number of ether oxygens (including phenoxy) is 1. The SMILES string of the molecule is COc1ccc(-c2cnn(-c3ccccc3)n2)cc1. The van der Waals surface area contributed by atoms with Crippen LogP contribution in [0.25, 0.3) is 16.9 Å². The molecule has 0 amide bonds. The van der Waals surface area contributed by atoms with Gasteiger partial charge in [0.15, 0.2) is 0 Å². The number of rotatable bonds is 3. The fourth-order valence-corrected chi connectivity index (χ4v) is 1.84. The summed E-state index contributed by atoms with van der Waals surface area (Å²) in [6, 6.07) is 17.6. The third-order valence-corrected chi connectivity index (χ3v) is 2.86. The molecular formula is C15H13N3O. The number of methoxy groups -OCH3 is 1. The van der Waals surface area contributed by atoms with E-state index >= 15 is 0 Å². The van der Waals surface area contributed by atoms with Gasteiger partial charge in [0.2, 0.25) is 0 Å². The van der Waals surface area contributed by atoms with Gasteiger partial charge in [-0.3, -0.25) is 0 Å². The Morgan fingerprint density at radius 1 is 0.947 bits per heavy atom. The Kier molecular flexibility index (Phi) is 2.98. The van der Waals surface area contributed by atoms with Crippen molar-refractivity contribution in [2.24, 2.45) is 0 Å². The predicted octanol–water partition coefficient (Wildman–Crippen LogP) is 2.94. The minimum atomic E-state index is 0.833. The van der Waals surface area contributed by atoms with Gasteiger partial charge >= 0.3 is 0 Å². The summed E-state index contributed by atoms with van der Waals surface area (Å²) >= 11 is 0. The van der Waals surface area contributed by atoms with Crippen LogP contribution >= 0.6 is 0 Å². The van der Waals surface area contributed by atoms with Crippen LogP contribution in [0, 0.1) is 0 Å². The second kappa shape index (κ2) is 4.94. The summed E-state index contributed by atoms with van der Waals surface area (Å²) in [7, 11) is 1.65. The standard InChI is InChI=1S/C15H13N3O/c1-19-14-9-7-12(8-10-14)15-11-16-18(17-15)13-5-3-2-4-6-13/h2-11H,1H3. The summed E-state index contributed by atoms with van der Waals surface area (Å²) in [6.07, 6.45) is 1.76. The molecule has 0 aliphatic rings. The Labute approximate surface area is 111 Å². The maximum absolute atomic E-state index is 5.14. The molecule has 0 fully saturated rings. The third kappa shape index (κ3) is 2.33. The van der Waals surface area contributed by atoms with E-state index in [0.29, 0.717) is 0 Å². The first kappa shape index (κ1) is 11.5. The molecule has 0 N–H and O–H groups in total. The first-order valence-electron chi connectivity index (χ1n) is 5.99. The van der Waals surface area contributed by atoms with Crippen LogP contribution < -0.4 is 4.74 Å². The smallest absolute Gasteiger partial charge is 0.118 e. The molecule has 2 aromatic carbocycles. The Morgan fingerprint density at radius 3 is 2.37 bits per heavy atom. The molecule has 0 aliphatic carbocycles. The number of nitrogens with zero attached hydrogens (tertiary/aromatic N) is 3. The largest absolute Gasteiger partial charge is 0.497 e. The van der Waals surface area contributed by atoms with Crippen LogP contribution in [0.3, 0.4) is 0 Å². The maximum Gasteiger partial charge on any atom is 0.118 e. The molecule has 1 heterocycles. The van der Waals surface area contributed by atoms with E-state index in [1.165, 1.54) is 0 Å². The summed E-state index contributed by atoms with van der Waals surface area (Å²) in [6.45, 7) is 0. The molecule has 0 bridgehead atoms. The molecule has 94 valence electrons. The Balaban J connectivity index is 1.92. The first-order valence-corrected chi connectivity index (χ1v) is 5.99. The van der Waals surface area contributed by atoms with Gasteiger partial charge in [-0.1, -0.05) is 18.2 Å². The second-order valence-electron chi connectivity index (χ2n) is 4.08. The van der Waals surface area contributed by atoms with Crippen molar-refractivity contribution in [3.8, 4) is 22.7 Å². The van der Waals surface area contributed by atoms with Crippen LogP contribution in [0.4, 0.5) is 0 Å². The third-order valence-electron chi connectivity index (χ3n) is 2.86. The minimum Gasteiger partial charge on any atom is -0.497 e. The normalized spacial score (nSPS) is 10.4. The quantitative estimate of drug-likeness (QED) is 0.718. The molecule has 4 nitrogen and oxygen atoms in total. The highest BCUT2D eigenvalue weighted by Crippen LogP contribution is 2.20. The van der Waals surface area contributed by atoms with E-state index < -0.39 is 0 Å². The number of hydrogen-bond donors (Lipinski definition) is 0. The molecule has 0 saturated carbocycles. The number of aromatic nitrogens is 3. The van der Waals surface area contributed by atoms with E-state index in [4.69, 9.17) is 4.74 Å². The number of benzene rings is 2. The summed E-state index contributed by atoms with van der Waals surface area (Å²) in [5.41, 5.74) is 2.80. The highest BCUT2D eigenvalue weighted by molar-refractivity contribution is 5.58. The van der Waals surface area contributed by atoms with E-state index in [2.05, 4.69) is 10.2 Å². The van der Waals surface area contributed by atoms with E-state index in [9.17, 15) is 0 Å². The molecule has 3 rings (SSSR count). The fourth-order valence-electron chi connectivity index (χ4n) is 1.84. The van der Waals surface area contributed by atoms with Gasteiger partial charge in [-0.25, -0.2) is 0 Å². The van der Waals surface area contributed by atoms with Gasteiger partial charge in [-0.05, 0) is 36.4 Å². The van der Waals surface area contributed by atoms with Gasteiger partial charge in [0.1, 0.15) is 11.4 Å². The summed E-state index contributed by atoms with van der Waals surface area (Å²) in [5.74, 6) is 0.833. The molecule has 0 saturated heterocycles. The molecule has 1 aromatic heterocycles. The van der Waals surface area contributed by atoms with Crippen molar-refractivity contribution in [1.29, 1.82) is 0 Å². The molecule has 4 heteroatoms. The van der Waals surface area contributed by atoms with Gasteiger partial charge < -0.3 is 4.74 Å². The van der Waals surface area contributed by atoms with Crippen LogP contribution in [-0.4, -0.2) is 22.1 Å². The lowest BCUT2D eigenvalue weighted by Crippen LogP contribution is -1.97. The number of hydrogen-bond acceptors (Lipinski definition) is 3. The predicted molar refractivity (Wildman–Crippen MR) is 73.3 cm³/mol. The zero-order valence-corrected chi connectivity index (χ0v) is 10.5. The first-order chi connectivity index (χ1) is 9.36. The summed E-state index contributed by atoms with van der Waals surface area (Å²) in [5, 5.41) is 8.75. The van der Waals surface area contributed by atoms with Crippen LogP contribution in [0.1, 0.15) is 0 Å². The van der Waals surface area contributed by atoms with Gasteiger partial charge in [-0.2, -0.15) is 9.90 Å². The van der Waals surface area contributed by atoms with Crippen molar-refractivity contribution in [2.75, 3.05) is 7.11 Å². The highest BCUT2D eigenvalue weighted by Gasteiger charge is 2.05. The maximum atomic E-state index is 5.14. The van der Waals surface area contributed by atoms with Crippen molar-refractivity contribution in [2.45, 2.75) is 0 Å². The topological polar surface area (TPSA) is 39.9 Å². The van der Waals surface area contributed by atoms with Crippen molar-refractivity contribution < 1.29 is 4.74 Å². The van der Waals surface area contributed by atoms with E-state index in [1.54, 1.807) is 18.1 Å². The fraction of sp³-hybridized carbons (Fsp3) is 0.0667. The van der Waals surface area contributed by atoms with Crippen molar-refractivity contribution in [1.82, 2.24) is 15.0 Å². The van der Waals surface area contributed by atoms with Crippen LogP contribution in [0.15, 0.2) is 60.8 Å². The monoisotopic (exact) mass is 251 g/mol. The lowest BCUT2D eigenvalue weighted by Gasteiger charge is -2.00. The van der Waals surface area contributed by atoms with E-state index in [1.807, 2.05) is 54.6 Å². The van der Waals surface area contributed by atoms with E-state index in [-0.39, 0.29) is 0 Å². The molecule has 0 unspecified atom stereocenters. The molecule has 0 radical (unpaired) electrons. The van der Waals surface area contributed by atoms with Crippen molar-refractivity contribution in [3.63, 3.8) is 0 Å². The average Bonchev–Trinajstić information content (AvgIpc) is 2.98. The van der Waals surface area contributed by atoms with Gasteiger partial charge in [0.05, 0.1) is 19.0 Å². The molecule has 0 atom stereocenters. The van der Waals surface area contributed by atoms with E-state index in [0.717, 1.165) is 22.7 Å². The molecule has 0 spiro atoms. The zero-order valence-electron chi connectivity index (χ0n) is 10.5. The highest BCUT2D eigenvalue weighted by atomic mass is 16.5. The average molecular weight is 251 g/mol. The Morgan fingerprint density at radius 2 is 1.68 bits per heavy atom. The molecule has 0 aliphatic heterocycles. The molecule has 19 heavy (non-hydrogen) atoms. The second-order valence-corrected chi connectivity index (χ2v) is 4.08. The van der Waals surface area contributed by atoms with Crippen LogP contribution in [-0.2, 0) is 0 Å². The van der Waals surface area contributed by atoms with Gasteiger partial charge in [-0.15, -0.1) is 5.10 Å².